The first-order valence-corrected chi connectivity index (χ1v) is 9.74. The molecule has 0 saturated heterocycles. The van der Waals surface area contributed by atoms with Crippen molar-refractivity contribution in [3.63, 3.8) is 0 Å². The highest BCUT2D eigenvalue weighted by Crippen LogP contribution is 2.30. The molecule has 150 valence electrons. The van der Waals surface area contributed by atoms with Crippen LogP contribution in [0.15, 0.2) is 71.6 Å². The first kappa shape index (κ1) is 19.5. The van der Waals surface area contributed by atoms with Crippen molar-refractivity contribution in [2.24, 2.45) is 0 Å². The number of carbonyl (C=O) groups is 1. The van der Waals surface area contributed by atoms with Crippen LogP contribution in [0.1, 0.15) is 22.4 Å². The van der Waals surface area contributed by atoms with E-state index >= 15 is 0 Å². The quantitative estimate of drug-likeness (QED) is 0.524. The molecule has 30 heavy (non-hydrogen) atoms. The summed E-state index contributed by atoms with van der Waals surface area (Å²) < 4.78 is 5.38. The number of aryl methyl sites for hydroxylation is 2. The summed E-state index contributed by atoms with van der Waals surface area (Å²) in [6.07, 6.45) is 3.62. The van der Waals surface area contributed by atoms with Crippen LogP contribution in [0.2, 0.25) is 0 Å². The molecule has 0 unspecified atom stereocenters. The molecule has 1 N–H and O–H groups in total. The zero-order valence-corrected chi connectivity index (χ0v) is 16.9. The first-order valence-electron chi connectivity index (χ1n) is 9.74. The van der Waals surface area contributed by atoms with Crippen LogP contribution in [0.5, 0.6) is 0 Å². The summed E-state index contributed by atoms with van der Waals surface area (Å²) in [5.41, 5.74) is 6.49. The van der Waals surface area contributed by atoms with Crippen molar-refractivity contribution in [3.05, 3.63) is 89.5 Å². The van der Waals surface area contributed by atoms with E-state index in [0.29, 0.717) is 18.7 Å². The fourth-order valence-electron chi connectivity index (χ4n) is 3.26. The minimum Gasteiger partial charge on any atom is -0.356 e. The Morgan fingerprint density at radius 3 is 2.60 bits per heavy atom. The Bertz CT molecular complexity index is 1170. The van der Waals surface area contributed by atoms with E-state index in [9.17, 15) is 4.79 Å². The molecule has 0 saturated carbocycles. The monoisotopic (exact) mass is 398 g/mol. The lowest BCUT2D eigenvalue weighted by molar-refractivity contribution is -0.120. The predicted octanol–water partition coefficient (Wildman–Crippen LogP) is 4.27. The van der Waals surface area contributed by atoms with Crippen molar-refractivity contribution in [1.29, 1.82) is 0 Å². The van der Waals surface area contributed by atoms with Gasteiger partial charge < -0.3 is 9.84 Å². The summed E-state index contributed by atoms with van der Waals surface area (Å²) in [6, 6.07) is 17.7. The number of hydrogen-bond donors (Lipinski definition) is 1. The normalized spacial score (nSPS) is 10.7. The van der Waals surface area contributed by atoms with Crippen molar-refractivity contribution in [1.82, 2.24) is 20.4 Å². The van der Waals surface area contributed by atoms with Gasteiger partial charge in [0.05, 0.1) is 23.4 Å². The van der Waals surface area contributed by atoms with Gasteiger partial charge in [0.1, 0.15) is 6.33 Å². The van der Waals surface area contributed by atoms with Gasteiger partial charge in [-0.1, -0.05) is 53.7 Å². The molecule has 0 aliphatic heterocycles. The Balaban J connectivity index is 1.44. The van der Waals surface area contributed by atoms with Crippen LogP contribution in [-0.2, 0) is 17.8 Å². The van der Waals surface area contributed by atoms with Gasteiger partial charge in [0.25, 0.3) is 0 Å². The highest BCUT2D eigenvalue weighted by atomic mass is 16.5. The van der Waals surface area contributed by atoms with Crippen LogP contribution < -0.4 is 5.32 Å². The second-order valence-electron chi connectivity index (χ2n) is 7.19. The van der Waals surface area contributed by atoms with Crippen LogP contribution in [0.3, 0.4) is 0 Å². The van der Waals surface area contributed by atoms with E-state index in [1.54, 1.807) is 6.20 Å². The second kappa shape index (κ2) is 8.69. The third-order valence-electron chi connectivity index (χ3n) is 4.93. The third-order valence-corrected chi connectivity index (χ3v) is 4.93. The number of aromatic nitrogens is 3. The minimum absolute atomic E-state index is 0.00662. The molecule has 6 heteroatoms. The SMILES string of the molecule is Cc1cc(-c2cncnc2-c2ccc(CNC(=O)Cc3ccccc3C)cc2)on1. The standard InChI is InChI=1S/C24H22N4O2/c1-16-5-3-4-6-20(16)12-23(29)26-13-18-7-9-19(10-8-18)24-21(14-25-15-27-24)22-11-17(2)28-30-22/h3-11,14-15H,12-13H2,1-2H3,(H,26,29). The van der Waals surface area contributed by atoms with Gasteiger partial charge in [0, 0.05) is 24.4 Å². The molecular weight excluding hydrogens is 376 g/mol. The molecule has 0 radical (unpaired) electrons. The van der Waals surface area contributed by atoms with Crippen LogP contribution >= 0.6 is 0 Å². The maximum atomic E-state index is 12.3. The molecule has 1 amide bonds. The Labute approximate surface area is 175 Å². The van der Waals surface area contributed by atoms with Crippen LogP contribution in [-0.4, -0.2) is 21.0 Å². The van der Waals surface area contributed by atoms with Gasteiger partial charge in [-0.2, -0.15) is 0 Å². The third kappa shape index (κ3) is 4.43. The molecule has 0 bridgehead atoms. The Morgan fingerprint density at radius 1 is 1.07 bits per heavy atom. The average Bonchev–Trinajstić information content (AvgIpc) is 3.20. The van der Waals surface area contributed by atoms with Gasteiger partial charge >= 0.3 is 0 Å². The molecule has 0 spiro atoms. The Kier molecular flexibility index (Phi) is 5.66. The molecule has 0 fully saturated rings. The van der Waals surface area contributed by atoms with Gasteiger partial charge in [-0.3, -0.25) is 4.79 Å². The lowest BCUT2D eigenvalue weighted by Gasteiger charge is -2.09. The number of benzene rings is 2. The fraction of sp³-hybridized carbons (Fsp3) is 0.167. The maximum Gasteiger partial charge on any atom is 0.224 e. The van der Waals surface area contributed by atoms with Gasteiger partial charge in [0.2, 0.25) is 5.91 Å². The van der Waals surface area contributed by atoms with Crippen molar-refractivity contribution in [3.8, 4) is 22.6 Å². The zero-order valence-electron chi connectivity index (χ0n) is 16.9. The largest absolute Gasteiger partial charge is 0.356 e. The van der Waals surface area contributed by atoms with E-state index in [4.69, 9.17) is 4.52 Å². The molecule has 0 aliphatic rings. The summed E-state index contributed by atoms with van der Waals surface area (Å²) in [5, 5.41) is 6.93. The summed E-state index contributed by atoms with van der Waals surface area (Å²) in [7, 11) is 0. The Morgan fingerprint density at radius 2 is 1.87 bits per heavy atom. The molecule has 6 nitrogen and oxygen atoms in total. The van der Waals surface area contributed by atoms with Crippen molar-refractivity contribution < 1.29 is 9.32 Å². The second-order valence-corrected chi connectivity index (χ2v) is 7.19. The molecule has 4 aromatic rings. The molecule has 4 rings (SSSR count). The molecule has 0 atom stereocenters. The molecule has 2 aromatic heterocycles. The highest BCUT2D eigenvalue weighted by Gasteiger charge is 2.13. The number of carbonyl (C=O) groups excluding carboxylic acids is 1. The average molecular weight is 398 g/mol. The van der Waals surface area contributed by atoms with E-state index in [1.165, 1.54) is 6.33 Å². The lowest BCUT2D eigenvalue weighted by atomic mass is 10.0. The van der Waals surface area contributed by atoms with E-state index in [1.807, 2.05) is 68.4 Å². The lowest BCUT2D eigenvalue weighted by Crippen LogP contribution is -2.24. The molecule has 2 heterocycles. The molecular formula is C24H22N4O2. The number of hydrogen-bond acceptors (Lipinski definition) is 5. The van der Waals surface area contributed by atoms with Crippen LogP contribution in [0, 0.1) is 13.8 Å². The highest BCUT2D eigenvalue weighted by molar-refractivity contribution is 5.79. The molecule has 0 aliphatic carbocycles. The first-order chi connectivity index (χ1) is 14.6. The van der Waals surface area contributed by atoms with E-state index in [-0.39, 0.29) is 5.91 Å². The predicted molar refractivity (Wildman–Crippen MR) is 114 cm³/mol. The number of rotatable bonds is 6. The van der Waals surface area contributed by atoms with Crippen LogP contribution in [0.4, 0.5) is 0 Å². The van der Waals surface area contributed by atoms with E-state index in [0.717, 1.165) is 39.2 Å². The summed E-state index contributed by atoms with van der Waals surface area (Å²) in [4.78, 5) is 20.8. The topological polar surface area (TPSA) is 80.9 Å². The van der Waals surface area contributed by atoms with Crippen molar-refractivity contribution in [2.45, 2.75) is 26.8 Å². The number of nitrogens with zero attached hydrogens (tertiary/aromatic N) is 3. The van der Waals surface area contributed by atoms with Gasteiger partial charge in [-0.15, -0.1) is 0 Å². The van der Waals surface area contributed by atoms with Gasteiger partial charge in [-0.25, -0.2) is 9.97 Å². The van der Waals surface area contributed by atoms with Crippen LogP contribution in [0.25, 0.3) is 22.6 Å². The zero-order chi connectivity index (χ0) is 20.9. The van der Waals surface area contributed by atoms with Crippen molar-refractivity contribution in [2.75, 3.05) is 0 Å². The number of nitrogens with one attached hydrogen (secondary N) is 1. The minimum atomic E-state index is 0.00662. The van der Waals surface area contributed by atoms with E-state index < -0.39 is 0 Å². The molecule has 2 aromatic carbocycles. The van der Waals surface area contributed by atoms with Gasteiger partial charge in [0.15, 0.2) is 5.76 Å². The maximum absolute atomic E-state index is 12.3. The number of amides is 1. The van der Waals surface area contributed by atoms with Gasteiger partial charge in [-0.05, 0) is 30.5 Å². The smallest absolute Gasteiger partial charge is 0.224 e. The summed E-state index contributed by atoms with van der Waals surface area (Å²) >= 11 is 0. The Hall–Kier alpha value is -3.80. The summed E-state index contributed by atoms with van der Waals surface area (Å²) in [5.74, 6) is 0.641. The van der Waals surface area contributed by atoms with Crippen molar-refractivity contribution >= 4 is 5.91 Å². The summed E-state index contributed by atoms with van der Waals surface area (Å²) in [6.45, 7) is 4.37. The fourth-order valence-corrected chi connectivity index (χ4v) is 3.26. The van der Waals surface area contributed by atoms with E-state index in [2.05, 4.69) is 20.4 Å².